The maximum atomic E-state index is 6.13. The summed E-state index contributed by atoms with van der Waals surface area (Å²) in [6, 6.07) is 6.78. The highest BCUT2D eigenvalue weighted by Gasteiger charge is 2.12. The Balaban J connectivity index is 1.88. The van der Waals surface area contributed by atoms with Gasteiger partial charge in [0.2, 0.25) is 0 Å². The van der Waals surface area contributed by atoms with Crippen LogP contribution in [0, 0.1) is 6.92 Å². The van der Waals surface area contributed by atoms with Gasteiger partial charge in [0.25, 0.3) is 0 Å². The summed E-state index contributed by atoms with van der Waals surface area (Å²) in [6.45, 7) is 1.79. The monoisotopic (exact) mass is 350 g/mol. The standard InChI is InChI=1S/C14H12Cl2N6O/c1-7-4-11(22-23-7)21-14-12(17)13(18-6-19-14)20-10-5-8(15)2-3-9(10)16/h2-6H,17H2,1H3,(H2,18,19,20,21,22). The van der Waals surface area contributed by atoms with Crippen LogP contribution >= 0.6 is 23.2 Å². The molecule has 0 fully saturated rings. The van der Waals surface area contributed by atoms with Crippen molar-refractivity contribution in [2.45, 2.75) is 6.92 Å². The van der Waals surface area contributed by atoms with Crippen molar-refractivity contribution in [2.24, 2.45) is 0 Å². The average Bonchev–Trinajstić information content (AvgIpc) is 2.92. The fourth-order valence-electron chi connectivity index (χ4n) is 1.86. The molecule has 2 heterocycles. The second kappa shape index (κ2) is 6.31. The molecule has 4 N–H and O–H groups in total. The summed E-state index contributed by atoms with van der Waals surface area (Å²) < 4.78 is 4.99. The lowest BCUT2D eigenvalue weighted by Gasteiger charge is -2.12. The molecule has 0 aliphatic carbocycles. The number of aromatic nitrogens is 3. The largest absolute Gasteiger partial charge is 0.393 e. The number of nitrogens with two attached hydrogens (primary N) is 1. The van der Waals surface area contributed by atoms with Crippen molar-refractivity contribution in [3.8, 4) is 0 Å². The number of benzene rings is 1. The van der Waals surface area contributed by atoms with Gasteiger partial charge in [0.05, 0.1) is 10.7 Å². The Bertz CT molecular complexity index is 851. The Labute approximate surface area is 141 Å². The Morgan fingerprint density at radius 1 is 1.09 bits per heavy atom. The van der Waals surface area contributed by atoms with Crippen molar-refractivity contribution >= 4 is 52.0 Å². The molecule has 0 aliphatic rings. The van der Waals surface area contributed by atoms with Crippen LogP contribution in [0.1, 0.15) is 5.76 Å². The van der Waals surface area contributed by atoms with Gasteiger partial charge in [0.15, 0.2) is 17.5 Å². The number of rotatable bonds is 4. The van der Waals surface area contributed by atoms with Crippen molar-refractivity contribution < 1.29 is 4.52 Å². The Kier molecular flexibility index (Phi) is 4.22. The number of anilines is 5. The van der Waals surface area contributed by atoms with Gasteiger partial charge in [0.1, 0.15) is 17.8 Å². The van der Waals surface area contributed by atoms with E-state index < -0.39 is 0 Å². The smallest absolute Gasteiger partial charge is 0.175 e. The van der Waals surface area contributed by atoms with Crippen molar-refractivity contribution in [3.63, 3.8) is 0 Å². The van der Waals surface area contributed by atoms with Crippen LogP contribution in [0.3, 0.4) is 0 Å². The quantitative estimate of drug-likeness (QED) is 0.649. The minimum Gasteiger partial charge on any atom is -0.393 e. The van der Waals surface area contributed by atoms with Gasteiger partial charge in [-0.15, -0.1) is 0 Å². The molecule has 118 valence electrons. The molecule has 0 saturated carbocycles. The number of hydrogen-bond donors (Lipinski definition) is 3. The zero-order chi connectivity index (χ0) is 16.4. The second-order valence-corrected chi connectivity index (χ2v) is 5.53. The summed E-state index contributed by atoms with van der Waals surface area (Å²) in [4.78, 5) is 8.22. The van der Waals surface area contributed by atoms with Crippen LogP contribution in [-0.4, -0.2) is 15.1 Å². The minimum atomic E-state index is 0.309. The van der Waals surface area contributed by atoms with Gasteiger partial charge in [-0.2, -0.15) is 0 Å². The van der Waals surface area contributed by atoms with E-state index in [-0.39, 0.29) is 0 Å². The first-order chi connectivity index (χ1) is 11.0. The van der Waals surface area contributed by atoms with E-state index in [1.54, 1.807) is 31.2 Å². The van der Waals surface area contributed by atoms with Crippen LogP contribution in [0.15, 0.2) is 35.1 Å². The molecular formula is C14H12Cl2N6O. The molecule has 0 radical (unpaired) electrons. The van der Waals surface area contributed by atoms with Crippen LogP contribution in [0.2, 0.25) is 10.0 Å². The van der Waals surface area contributed by atoms with Crippen molar-refractivity contribution in [1.29, 1.82) is 0 Å². The molecule has 3 aromatic rings. The molecular weight excluding hydrogens is 339 g/mol. The Morgan fingerprint density at radius 2 is 1.83 bits per heavy atom. The molecule has 23 heavy (non-hydrogen) atoms. The third-order valence-corrected chi connectivity index (χ3v) is 3.50. The molecule has 0 amide bonds. The Morgan fingerprint density at radius 3 is 2.52 bits per heavy atom. The number of nitrogens with zero attached hydrogens (tertiary/aromatic N) is 3. The van der Waals surface area contributed by atoms with Gasteiger partial charge < -0.3 is 20.9 Å². The maximum Gasteiger partial charge on any atom is 0.175 e. The lowest BCUT2D eigenvalue weighted by molar-refractivity contribution is 0.400. The first kappa shape index (κ1) is 15.4. The highest BCUT2D eigenvalue weighted by Crippen LogP contribution is 2.32. The van der Waals surface area contributed by atoms with Crippen molar-refractivity contribution in [2.75, 3.05) is 16.4 Å². The highest BCUT2D eigenvalue weighted by atomic mass is 35.5. The number of nitrogens with one attached hydrogen (secondary N) is 2. The molecule has 3 rings (SSSR count). The molecule has 0 atom stereocenters. The number of hydrogen-bond acceptors (Lipinski definition) is 7. The molecule has 0 aliphatic heterocycles. The van der Waals surface area contributed by atoms with Crippen molar-refractivity contribution in [3.05, 3.63) is 46.4 Å². The summed E-state index contributed by atoms with van der Waals surface area (Å²) >= 11 is 12.1. The zero-order valence-electron chi connectivity index (χ0n) is 12.0. The molecule has 7 nitrogen and oxygen atoms in total. The zero-order valence-corrected chi connectivity index (χ0v) is 13.5. The fourth-order valence-corrected chi connectivity index (χ4v) is 2.20. The van der Waals surface area contributed by atoms with E-state index in [0.29, 0.717) is 44.6 Å². The minimum absolute atomic E-state index is 0.309. The molecule has 9 heteroatoms. The molecule has 0 unspecified atom stereocenters. The maximum absolute atomic E-state index is 6.13. The fraction of sp³-hybridized carbons (Fsp3) is 0.0714. The van der Waals surface area contributed by atoms with Gasteiger partial charge in [-0.3, -0.25) is 0 Å². The summed E-state index contributed by atoms with van der Waals surface area (Å²) in [5.41, 5.74) is 6.99. The van der Waals surface area contributed by atoms with Crippen LogP contribution < -0.4 is 16.4 Å². The summed E-state index contributed by atoms with van der Waals surface area (Å²) in [5, 5.41) is 10.9. The average molecular weight is 351 g/mol. The molecule has 0 bridgehead atoms. The molecule has 0 spiro atoms. The van der Waals surface area contributed by atoms with Gasteiger partial charge in [-0.05, 0) is 25.1 Å². The molecule has 0 saturated heterocycles. The van der Waals surface area contributed by atoms with Crippen LogP contribution in [0.5, 0.6) is 0 Å². The summed E-state index contributed by atoms with van der Waals surface area (Å²) in [5.74, 6) is 1.96. The van der Waals surface area contributed by atoms with Crippen LogP contribution in [0.4, 0.5) is 28.8 Å². The topological polar surface area (TPSA) is 102 Å². The van der Waals surface area contributed by atoms with E-state index in [2.05, 4.69) is 25.8 Å². The van der Waals surface area contributed by atoms with E-state index in [1.165, 1.54) is 6.33 Å². The van der Waals surface area contributed by atoms with E-state index in [4.69, 9.17) is 33.5 Å². The second-order valence-electron chi connectivity index (χ2n) is 4.68. The van der Waals surface area contributed by atoms with Gasteiger partial charge in [-0.1, -0.05) is 28.4 Å². The van der Waals surface area contributed by atoms with Crippen molar-refractivity contribution in [1.82, 2.24) is 15.1 Å². The number of nitrogen functional groups attached to an aromatic ring is 1. The lowest BCUT2D eigenvalue weighted by atomic mass is 10.3. The summed E-state index contributed by atoms with van der Waals surface area (Å²) in [6.07, 6.45) is 1.37. The predicted octanol–water partition coefficient (Wildman–Crippen LogP) is 4.15. The van der Waals surface area contributed by atoms with E-state index >= 15 is 0 Å². The SMILES string of the molecule is Cc1cc(Nc2ncnc(Nc3cc(Cl)ccc3Cl)c2N)no1. The van der Waals surface area contributed by atoms with Gasteiger partial charge in [-0.25, -0.2) is 9.97 Å². The normalized spacial score (nSPS) is 10.6. The third kappa shape index (κ3) is 3.46. The summed E-state index contributed by atoms with van der Waals surface area (Å²) in [7, 11) is 0. The predicted molar refractivity (Wildman–Crippen MR) is 90.7 cm³/mol. The molecule has 2 aromatic heterocycles. The van der Waals surface area contributed by atoms with E-state index in [1.807, 2.05) is 0 Å². The first-order valence-electron chi connectivity index (χ1n) is 6.56. The third-order valence-electron chi connectivity index (χ3n) is 2.94. The number of halogens is 2. The highest BCUT2D eigenvalue weighted by molar-refractivity contribution is 6.35. The lowest BCUT2D eigenvalue weighted by Crippen LogP contribution is -2.05. The van der Waals surface area contributed by atoms with E-state index in [0.717, 1.165) is 0 Å². The van der Waals surface area contributed by atoms with E-state index in [9.17, 15) is 0 Å². The van der Waals surface area contributed by atoms with Crippen LogP contribution in [0.25, 0.3) is 0 Å². The molecule has 1 aromatic carbocycles. The first-order valence-corrected chi connectivity index (χ1v) is 7.31. The number of aryl methyl sites for hydroxylation is 1. The van der Waals surface area contributed by atoms with Gasteiger partial charge in [0, 0.05) is 11.1 Å². The Hall–Kier alpha value is -2.51. The van der Waals surface area contributed by atoms with Crippen LogP contribution in [-0.2, 0) is 0 Å². The van der Waals surface area contributed by atoms with Gasteiger partial charge >= 0.3 is 0 Å².